The summed E-state index contributed by atoms with van der Waals surface area (Å²) in [6.07, 6.45) is 2.97. The lowest BCUT2D eigenvalue weighted by Gasteiger charge is -2.33. The molecule has 1 unspecified atom stereocenters. The highest BCUT2D eigenvalue weighted by atomic mass is 32.1. The van der Waals surface area contributed by atoms with Crippen LogP contribution >= 0.6 is 11.3 Å². The standard InChI is InChI=1S/C12H12N4O3S/c1-2-7-11(19)13-9(18)5-16(7)10-8(6-17)15-3-4-20-12(15)14-10/h3-4,6-7H,2,5H2,1H3,(H,13,18,19). The molecule has 20 heavy (non-hydrogen) atoms. The summed E-state index contributed by atoms with van der Waals surface area (Å²) in [5.41, 5.74) is 0.363. The number of imide groups is 1. The van der Waals surface area contributed by atoms with Gasteiger partial charge in [-0.1, -0.05) is 6.92 Å². The molecule has 1 aliphatic heterocycles. The lowest BCUT2D eigenvalue weighted by molar-refractivity contribution is -0.132. The number of hydrogen-bond donors (Lipinski definition) is 1. The van der Waals surface area contributed by atoms with Crippen LogP contribution in [-0.4, -0.2) is 40.1 Å². The molecule has 1 fully saturated rings. The molecule has 2 aromatic heterocycles. The first-order valence-corrected chi connectivity index (χ1v) is 7.04. The lowest BCUT2D eigenvalue weighted by Crippen LogP contribution is -2.58. The van der Waals surface area contributed by atoms with Crippen molar-refractivity contribution in [2.24, 2.45) is 0 Å². The van der Waals surface area contributed by atoms with Crippen LogP contribution in [0, 0.1) is 0 Å². The van der Waals surface area contributed by atoms with Gasteiger partial charge in [-0.25, -0.2) is 4.98 Å². The highest BCUT2D eigenvalue weighted by Crippen LogP contribution is 2.26. The van der Waals surface area contributed by atoms with Gasteiger partial charge in [0.2, 0.25) is 11.8 Å². The van der Waals surface area contributed by atoms with Crippen LogP contribution in [-0.2, 0) is 9.59 Å². The molecule has 3 heterocycles. The van der Waals surface area contributed by atoms with Crippen LogP contribution in [0.2, 0.25) is 0 Å². The number of amides is 2. The number of imidazole rings is 1. The van der Waals surface area contributed by atoms with E-state index in [0.717, 1.165) is 0 Å². The summed E-state index contributed by atoms with van der Waals surface area (Å²) in [4.78, 5) is 41.4. The van der Waals surface area contributed by atoms with E-state index in [1.165, 1.54) is 11.3 Å². The average molecular weight is 292 g/mol. The molecule has 0 aliphatic carbocycles. The number of nitrogens with zero attached hydrogens (tertiary/aromatic N) is 3. The van der Waals surface area contributed by atoms with Gasteiger partial charge in [0.1, 0.15) is 11.7 Å². The minimum absolute atomic E-state index is 0.0237. The SMILES string of the molecule is CCC1C(=O)NC(=O)CN1c1nc2sccn2c1C=O. The molecule has 0 bridgehead atoms. The topological polar surface area (TPSA) is 83.8 Å². The molecule has 3 rings (SSSR count). The van der Waals surface area contributed by atoms with E-state index in [1.807, 2.05) is 12.3 Å². The van der Waals surface area contributed by atoms with Crippen molar-refractivity contribution in [3.8, 4) is 0 Å². The van der Waals surface area contributed by atoms with Crippen molar-refractivity contribution in [1.82, 2.24) is 14.7 Å². The molecular formula is C12H12N4O3S. The van der Waals surface area contributed by atoms with E-state index in [1.54, 1.807) is 15.5 Å². The summed E-state index contributed by atoms with van der Waals surface area (Å²) in [5, 5.41) is 4.13. The number of nitrogens with one attached hydrogen (secondary N) is 1. The number of carbonyl (C=O) groups excluding carboxylic acids is 3. The zero-order valence-electron chi connectivity index (χ0n) is 10.7. The highest BCUT2D eigenvalue weighted by Gasteiger charge is 2.35. The summed E-state index contributed by atoms with van der Waals surface area (Å²) in [6.45, 7) is 1.88. The molecule has 2 amide bonds. The fourth-order valence-corrected chi connectivity index (χ4v) is 3.12. The predicted molar refractivity (Wildman–Crippen MR) is 73.0 cm³/mol. The van der Waals surface area contributed by atoms with Gasteiger partial charge >= 0.3 is 0 Å². The average Bonchev–Trinajstić information content (AvgIpc) is 2.97. The number of fused-ring (bicyclic) bond motifs is 1. The van der Waals surface area contributed by atoms with Crippen molar-refractivity contribution < 1.29 is 14.4 Å². The second-order valence-electron chi connectivity index (χ2n) is 4.46. The Morgan fingerprint density at radius 1 is 1.55 bits per heavy atom. The first-order chi connectivity index (χ1) is 9.65. The Hall–Kier alpha value is -2.22. The fourth-order valence-electron chi connectivity index (χ4n) is 2.41. The van der Waals surface area contributed by atoms with Crippen molar-refractivity contribution in [2.45, 2.75) is 19.4 Å². The number of thiazole rings is 1. The summed E-state index contributed by atoms with van der Waals surface area (Å²) in [5.74, 6) is -0.341. The third-order valence-corrected chi connectivity index (χ3v) is 4.06. The first-order valence-electron chi connectivity index (χ1n) is 6.16. The Morgan fingerprint density at radius 2 is 2.35 bits per heavy atom. The van der Waals surface area contributed by atoms with E-state index >= 15 is 0 Å². The van der Waals surface area contributed by atoms with Crippen molar-refractivity contribution >= 4 is 40.2 Å². The Morgan fingerprint density at radius 3 is 3.05 bits per heavy atom. The van der Waals surface area contributed by atoms with E-state index in [2.05, 4.69) is 10.3 Å². The Balaban J connectivity index is 2.12. The van der Waals surface area contributed by atoms with Gasteiger partial charge in [0.25, 0.3) is 0 Å². The second-order valence-corrected chi connectivity index (χ2v) is 5.33. The first kappa shape index (κ1) is 12.8. The smallest absolute Gasteiger partial charge is 0.249 e. The Bertz CT molecular complexity index is 705. The van der Waals surface area contributed by atoms with Crippen LogP contribution in [0.1, 0.15) is 23.8 Å². The summed E-state index contributed by atoms with van der Waals surface area (Å²) in [7, 11) is 0. The van der Waals surface area contributed by atoms with Crippen molar-refractivity contribution in [1.29, 1.82) is 0 Å². The molecule has 0 saturated carbocycles. The largest absolute Gasteiger partial charge is 0.333 e. The number of piperazine rings is 1. The van der Waals surface area contributed by atoms with Gasteiger partial charge in [-0.3, -0.25) is 24.1 Å². The predicted octanol–water partition coefficient (Wildman–Crippen LogP) is 0.450. The molecule has 104 valence electrons. The van der Waals surface area contributed by atoms with Crippen LogP contribution in [0.5, 0.6) is 0 Å². The van der Waals surface area contributed by atoms with Gasteiger partial charge in [-0.05, 0) is 6.42 Å². The maximum atomic E-state index is 11.9. The molecular weight excluding hydrogens is 280 g/mol. The minimum atomic E-state index is -0.490. The van der Waals surface area contributed by atoms with Crippen LogP contribution in [0.25, 0.3) is 4.96 Å². The molecule has 7 nitrogen and oxygen atoms in total. The monoisotopic (exact) mass is 292 g/mol. The highest BCUT2D eigenvalue weighted by molar-refractivity contribution is 7.15. The fraction of sp³-hybridized carbons (Fsp3) is 0.333. The normalized spacial score (nSPS) is 19.4. The zero-order valence-corrected chi connectivity index (χ0v) is 11.5. The molecule has 1 aliphatic rings. The Kier molecular flexibility index (Phi) is 3.01. The third kappa shape index (κ3) is 1.80. The summed E-state index contributed by atoms with van der Waals surface area (Å²) >= 11 is 1.39. The quantitative estimate of drug-likeness (QED) is 0.656. The molecule has 0 spiro atoms. The van der Waals surface area contributed by atoms with Crippen molar-refractivity contribution in [3.63, 3.8) is 0 Å². The van der Waals surface area contributed by atoms with E-state index in [4.69, 9.17) is 0 Å². The van der Waals surface area contributed by atoms with Gasteiger partial charge in [0, 0.05) is 11.6 Å². The summed E-state index contributed by atoms with van der Waals surface area (Å²) < 4.78 is 1.66. The van der Waals surface area contributed by atoms with E-state index in [0.29, 0.717) is 29.2 Å². The molecule has 1 N–H and O–H groups in total. The minimum Gasteiger partial charge on any atom is -0.333 e. The number of aromatic nitrogens is 2. The zero-order chi connectivity index (χ0) is 14.3. The maximum Gasteiger partial charge on any atom is 0.249 e. The van der Waals surface area contributed by atoms with E-state index in [-0.39, 0.29) is 18.4 Å². The van der Waals surface area contributed by atoms with Gasteiger partial charge in [0.05, 0.1) is 6.54 Å². The van der Waals surface area contributed by atoms with Crippen molar-refractivity contribution in [2.75, 3.05) is 11.4 Å². The molecule has 1 atom stereocenters. The van der Waals surface area contributed by atoms with Gasteiger partial charge in [-0.15, -0.1) is 11.3 Å². The molecule has 0 radical (unpaired) electrons. The second kappa shape index (κ2) is 4.71. The van der Waals surface area contributed by atoms with Gasteiger partial charge < -0.3 is 4.90 Å². The molecule has 0 aromatic carbocycles. The van der Waals surface area contributed by atoms with Crippen LogP contribution in [0.3, 0.4) is 0 Å². The van der Waals surface area contributed by atoms with E-state index < -0.39 is 6.04 Å². The number of carbonyl (C=O) groups is 3. The van der Waals surface area contributed by atoms with E-state index in [9.17, 15) is 14.4 Å². The summed E-state index contributed by atoms with van der Waals surface area (Å²) in [6, 6.07) is -0.490. The molecule has 2 aromatic rings. The maximum absolute atomic E-state index is 11.9. The van der Waals surface area contributed by atoms with Gasteiger partial charge in [0.15, 0.2) is 17.1 Å². The van der Waals surface area contributed by atoms with Crippen LogP contribution in [0.15, 0.2) is 11.6 Å². The number of rotatable bonds is 3. The Labute approximate surface area is 118 Å². The number of anilines is 1. The van der Waals surface area contributed by atoms with Crippen LogP contribution in [0.4, 0.5) is 5.82 Å². The van der Waals surface area contributed by atoms with Gasteiger partial charge in [-0.2, -0.15) is 0 Å². The number of hydrogen-bond acceptors (Lipinski definition) is 6. The molecule has 8 heteroatoms. The molecule has 1 saturated heterocycles. The number of aldehydes is 1. The van der Waals surface area contributed by atoms with Crippen molar-refractivity contribution in [3.05, 3.63) is 17.3 Å². The lowest BCUT2D eigenvalue weighted by atomic mass is 10.1. The van der Waals surface area contributed by atoms with Crippen LogP contribution < -0.4 is 10.2 Å². The third-order valence-electron chi connectivity index (χ3n) is 3.31.